The third kappa shape index (κ3) is 3.22. The van der Waals surface area contributed by atoms with Gasteiger partial charge < -0.3 is 5.32 Å². The molecule has 0 radical (unpaired) electrons. The maximum Gasteiger partial charge on any atom is 0.161 e. The minimum Gasteiger partial charge on any atom is -0.335 e. The second-order valence-corrected chi connectivity index (χ2v) is 6.00. The van der Waals surface area contributed by atoms with Gasteiger partial charge in [-0.05, 0) is 51.0 Å². The quantitative estimate of drug-likeness (QED) is 0.821. The molecule has 0 amide bonds. The summed E-state index contributed by atoms with van der Waals surface area (Å²) in [4.78, 5) is 4.65. The van der Waals surface area contributed by atoms with E-state index >= 15 is 0 Å². The number of anilines is 1. The smallest absolute Gasteiger partial charge is 0.161 e. The average Bonchev–Trinajstić information content (AvgIpc) is 2.21. The molecule has 0 aliphatic carbocycles. The molecule has 0 unspecified atom stereocenters. The first-order chi connectivity index (χ1) is 7.96. The number of nitrogens with one attached hydrogen (secondary N) is 1. The second kappa shape index (κ2) is 4.69. The summed E-state index contributed by atoms with van der Waals surface area (Å²) in [5, 5.41) is 4.21. The Labute approximate surface area is 106 Å². The molecule has 1 N–H and O–H groups in total. The van der Waals surface area contributed by atoms with Crippen molar-refractivity contribution >= 4 is 22.6 Å². The Balaban J connectivity index is 2.18. The molecule has 0 aromatic heterocycles. The number of nitrogens with zero attached hydrogens (tertiary/aromatic N) is 1. The van der Waals surface area contributed by atoms with E-state index in [0.717, 1.165) is 28.6 Å². The molecule has 0 bridgehead atoms. The van der Waals surface area contributed by atoms with E-state index in [2.05, 4.69) is 24.2 Å². The number of rotatable bonds is 1. The van der Waals surface area contributed by atoms with E-state index in [1.807, 2.05) is 6.92 Å². The molecule has 1 aliphatic rings. The predicted octanol–water partition coefficient (Wildman–Crippen LogP) is 3.82. The first kappa shape index (κ1) is 12.4. The molecule has 0 saturated heterocycles. The SMILES string of the molecule is Cc1cc(F)ccc1NC1=NC(C)(C)CCS1. The lowest BCUT2D eigenvalue weighted by Crippen LogP contribution is -2.27. The molecule has 1 aliphatic heterocycles. The molecule has 2 nitrogen and oxygen atoms in total. The van der Waals surface area contributed by atoms with E-state index in [9.17, 15) is 4.39 Å². The van der Waals surface area contributed by atoms with Gasteiger partial charge in [0.2, 0.25) is 0 Å². The van der Waals surface area contributed by atoms with E-state index in [-0.39, 0.29) is 11.4 Å². The van der Waals surface area contributed by atoms with Crippen molar-refractivity contribution in [2.24, 2.45) is 4.99 Å². The Kier molecular flexibility index (Phi) is 3.43. The fourth-order valence-corrected chi connectivity index (χ4v) is 3.00. The Hall–Kier alpha value is -1.03. The number of halogens is 1. The van der Waals surface area contributed by atoms with Crippen molar-refractivity contribution in [2.45, 2.75) is 32.7 Å². The maximum absolute atomic E-state index is 13.0. The van der Waals surface area contributed by atoms with Gasteiger partial charge in [-0.1, -0.05) is 11.8 Å². The molecule has 92 valence electrons. The van der Waals surface area contributed by atoms with Gasteiger partial charge in [-0.15, -0.1) is 0 Å². The first-order valence-electron chi connectivity index (χ1n) is 5.72. The second-order valence-electron chi connectivity index (χ2n) is 4.91. The van der Waals surface area contributed by atoms with Crippen LogP contribution >= 0.6 is 11.8 Å². The molecule has 1 aromatic carbocycles. The van der Waals surface area contributed by atoms with Crippen molar-refractivity contribution in [1.29, 1.82) is 0 Å². The van der Waals surface area contributed by atoms with Gasteiger partial charge in [-0.3, -0.25) is 4.99 Å². The summed E-state index contributed by atoms with van der Waals surface area (Å²) in [5.74, 6) is 0.866. The van der Waals surface area contributed by atoms with Crippen molar-refractivity contribution in [1.82, 2.24) is 0 Å². The van der Waals surface area contributed by atoms with Crippen molar-refractivity contribution in [3.8, 4) is 0 Å². The third-order valence-electron chi connectivity index (χ3n) is 2.79. The van der Waals surface area contributed by atoms with E-state index in [4.69, 9.17) is 0 Å². The molecule has 1 heterocycles. The van der Waals surface area contributed by atoms with Gasteiger partial charge in [-0.25, -0.2) is 4.39 Å². The lowest BCUT2D eigenvalue weighted by molar-refractivity contribution is 0.507. The summed E-state index contributed by atoms with van der Waals surface area (Å²) in [7, 11) is 0. The van der Waals surface area contributed by atoms with Crippen LogP contribution in [0.1, 0.15) is 25.8 Å². The van der Waals surface area contributed by atoms with Gasteiger partial charge in [0.25, 0.3) is 0 Å². The normalized spacial score (nSPS) is 18.7. The highest BCUT2D eigenvalue weighted by Gasteiger charge is 2.22. The summed E-state index contributed by atoms with van der Waals surface area (Å²) in [6.45, 7) is 6.16. The van der Waals surface area contributed by atoms with Crippen molar-refractivity contribution in [2.75, 3.05) is 11.1 Å². The van der Waals surface area contributed by atoms with Gasteiger partial charge in [0.15, 0.2) is 5.17 Å². The molecule has 0 saturated carbocycles. The number of benzene rings is 1. The van der Waals surface area contributed by atoms with Crippen LogP contribution < -0.4 is 5.32 Å². The highest BCUT2D eigenvalue weighted by Crippen LogP contribution is 2.27. The van der Waals surface area contributed by atoms with E-state index in [1.54, 1.807) is 17.8 Å². The topological polar surface area (TPSA) is 24.4 Å². The zero-order valence-corrected chi connectivity index (χ0v) is 11.2. The molecule has 0 atom stereocenters. The van der Waals surface area contributed by atoms with E-state index in [1.165, 1.54) is 12.1 Å². The van der Waals surface area contributed by atoms with Crippen LogP contribution in [0.4, 0.5) is 10.1 Å². The van der Waals surface area contributed by atoms with Gasteiger partial charge in [0, 0.05) is 11.4 Å². The van der Waals surface area contributed by atoms with Crippen molar-refractivity contribution in [3.63, 3.8) is 0 Å². The van der Waals surface area contributed by atoms with Gasteiger partial charge in [0.05, 0.1) is 5.54 Å². The summed E-state index contributed by atoms with van der Waals surface area (Å²) in [5.41, 5.74) is 1.83. The van der Waals surface area contributed by atoms with Gasteiger partial charge in [0.1, 0.15) is 5.82 Å². The number of aryl methyl sites for hydroxylation is 1. The highest BCUT2D eigenvalue weighted by atomic mass is 32.2. The Morgan fingerprint density at radius 3 is 2.82 bits per heavy atom. The van der Waals surface area contributed by atoms with Crippen LogP contribution in [-0.4, -0.2) is 16.5 Å². The molecule has 2 rings (SSSR count). The number of hydrogen-bond donors (Lipinski definition) is 1. The predicted molar refractivity (Wildman–Crippen MR) is 73.3 cm³/mol. The van der Waals surface area contributed by atoms with Crippen LogP contribution in [0.2, 0.25) is 0 Å². The summed E-state index contributed by atoms with van der Waals surface area (Å²) >= 11 is 1.72. The molecule has 17 heavy (non-hydrogen) atoms. The summed E-state index contributed by atoms with van der Waals surface area (Å²) in [6.07, 6.45) is 1.09. The Bertz CT molecular complexity index is 455. The average molecular weight is 252 g/mol. The number of thioether (sulfide) groups is 1. The van der Waals surface area contributed by atoms with E-state index in [0.29, 0.717) is 0 Å². The lowest BCUT2D eigenvalue weighted by atomic mass is 10.0. The van der Waals surface area contributed by atoms with Crippen LogP contribution in [0, 0.1) is 12.7 Å². The van der Waals surface area contributed by atoms with Crippen LogP contribution in [-0.2, 0) is 0 Å². The zero-order valence-electron chi connectivity index (χ0n) is 10.4. The van der Waals surface area contributed by atoms with Crippen molar-refractivity contribution in [3.05, 3.63) is 29.6 Å². The molecule has 0 fully saturated rings. The Morgan fingerprint density at radius 2 is 2.18 bits per heavy atom. The number of hydrogen-bond acceptors (Lipinski definition) is 3. The highest BCUT2D eigenvalue weighted by molar-refractivity contribution is 8.14. The van der Waals surface area contributed by atoms with E-state index < -0.39 is 0 Å². The fourth-order valence-electron chi connectivity index (χ4n) is 1.71. The first-order valence-corrected chi connectivity index (χ1v) is 6.71. The molecule has 0 spiro atoms. The fraction of sp³-hybridized carbons (Fsp3) is 0.462. The van der Waals surface area contributed by atoms with Gasteiger partial charge >= 0.3 is 0 Å². The molecular formula is C13H17FN2S. The standard InChI is InChI=1S/C13H17FN2S/c1-9-8-10(14)4-5-11(9)15-12-16-13(2,3)6-7-17-12/h4-5,8H,6-7H2,1-3H3,(H,15,16). The van der Waals surface area contributed by atoms with Gasteiger partial charge in [-0.2, -0.15) is 0 Å². The zero-order chi connectivity index (χ0) is 12.5. The Morgan fingerprint density at radius 1 is 1.41 bits per heavy atom. The maximum atomic E-state index is 13.0. The number of amidine groups is 1. The monoisotopic (exact) mass is 252 g/mol. The minimum absolute atomic E-state index is 0.00151. The summed E-state index contributed by atoms with van der Waals surface area (Å²) < 4.78 is 13.0. The van der Waals surface area contributed by atoms with Crippen molar-refractivity contribution < 1.29 is 4.39 Å². The molecular weight excluding hydrogens is 235 g/mol. The van der Waals surface area contributed by atoms with Crippen LogP contribution in [0.15, 0.2) is 23.2 Å². The van der Waals surface area contributed by atoms with Crippen LogP contribution in [0.3, 0.4) is 0 Å². The minimum atomic E-state index is -0.202. The third-order valence-corrected chi connectivity index (χ3v) is 3.66. The largest absolute Gasteiger partial charge is 0.335 e. The molecule has 4 heteroatoms. The number of aliphatic imine (C=N–C) groups is 1. The summed E-state index contributed by atoms with van der Waals surface area (Å²) in [6, 6.07) is 4.76. The molecule has 1 aromatic rings. The van der Waals surface area contributed by atoms with Crippen LogP contribution in [0.5, 0.6) is 0 Å². The van der Waals surface area contributed by atoms with Crippen LogP contribution in [0.25, 0.3) is 0 Å². The lowest BCUT2D eigenvalue weighted by Gasteiger charge is -2.26.